The molecule has 0 saturated heterocycles. The third-order valence-corrected chi connectivity index (χ3v) is 3.78. The lowest BCUT2D eigenvalue weighted by atomic mass is 10.3. The number of H-pyrrole nitrogens is 1. The summed E-state index contributed by atoms with van der Waals surface area (Å²) in [7, 11) is 0. The maximum Gasteiger partial charge on any atom is 0.181 e. The van der Waals surface area contributed by atoms with Crippen LogP contribution in [0.15, 0.2) is 34.8 Å². The van der Waals surface area contributed by atoms with Crippen LogP contribution in [0.3, 0.4) is 0 Å². The lowest BCUT2D eigenvalue weighted by Crippen LogP contribution is -1.88. The van der Waals surface area contributed by atoms with Gasteiger partial charge in [-0.3, -0.25) is 0 Å². The average molecular weight is 278 g/mol. The Bertz CT molecular complexity index is 711. The average Bonchev–Trinajstić information content (AvgIpc) is 2.83. The summed E-state index contributed by atoms with van der Waals surface area (Å²) in [6.07, 6.45) is 4.86. The van der Waals surface area contributed by atoms with Crippen molar-refractivity contribution < 1.29 is 0 Å². The van der Waals surface area contributed by atoms with Crippen molar-refractivity contribution in [2.75, 3.05) is 0 Å². The number of nitrogens with one attached hydrogen (secondary N) is 1. The highest BCUT2D eigenvalue weighted by Gasteiger charge is 2.09. The van der Waals surface area contributed by atoms with Crippen LogP contribution >= 0.6 is 23.4 Å². The lowest BCUT2D eigenvalue weighted by molar-refractivity contribution is 1.08. The minimum atomic E-state index is 0.470. The van der Waals surface area contributed by atoms with Crippen molar-refractivity contribution in [2.45, 2.75) is 16.8 Å². The fraction of sp³-hybridized carbons (Fsp3) is 0.0909. The first-order chi connectivity index (χ1) is 8.74. The summed E-state index contributed by atoms with van der Waals surface area (Å²) in [5.74, 6) is 0. The smallest absolute Gasteiger partial charge is 0.181 e. The summed E-state index contributed by atoms with van der Waals surface area (Å²) in [5, 5.41) is 1.29. The van der Waals surface area contributed by atoms with Gasteiger partial charge in [-0.15, -0.1) is 0 Å². The van der Waals surface area contributed by atoms with Gasteiger partial charge in [-0.2, -0.15) is 0 Å². The maximum absolute atomic E-state index is 5.90. The minimum absolute atomic E-state index is 0.470. The van der Waals surface area contributed by atoms with Crippen molar-refractivity contribution in [1.29, 1.82) is 0 Å². The molecule has 1 N–H and O–H groups in total. The van der Waals surface area contributed by atoms with Crippen molar-refractivity contribution in [3.8, 4) is 0 Å². The number of imidazole rings is 1. The number of aromatic amines is 1. The number of halogens is 1. The van der Waals surface area contributed by atoms with E-state index in [4.69, 9.17) is 11.6 Å². The monoisotopic (exact) mass is 277 g/mol. The Hall–Kier alpha value is -1.66. The van der Waals surface area contributed by atoms with Gasteiger partial charge in [-0.1, -0.05) is 23.4 Å². The number of aromatic nitrogens is 5. The zero-order chi connectivity index (χ0) is 12.5. The second-order valence-electron chi connectivity index (χ2n) is 3.65. The highest BCUT2D eigenvalue weighted by atomic mass is 35.5. The molecule has 3 heterocycles. The molecule has 3 aromatic rings. The van der Waals surface area contributed by atoms with E-state index in [1.165, 1.54) is 18.1 Å². The zero-order valence-corrected chi connectivity index (χ0v) is 11.0. The molecule has 0 amide bonds. The van der Waals surface area contributed by atoms with Crippen molar-refractivity contribution in [3.05, 3.63) is 35.6 Å². The van der Waals surface area contributed by atoms with E-state index in [9.17, 15) is 0 Å². The third kappa shape index (κ3) is 2.04. The predicted octanol–water partition coefficient (Wildman–Crippen LogP) is 2.86. The molecule has 0 bridgehead atoms. The first-order valence-electron chi connectivity index (χ1n) is 5.18. The molecule has 0 aliphatic heterocycles. The fourth-order valence-electron chi connectivity index (χ4n) is 1.52. The fourth-order valence-corrected chi connectivity index (χ4v) is 2.68. The molecule has 90 valence electrons. The molecule has 7 heteroatoms. The van der Waals surface area contributed by atoms with Gasteiger partial charge < -0.3 is 4.98 Å². The number of nitrogens with zero attached hydrogens (tertiary/aromatic N) is 4. The molecule has 0 fully saturated rings. The highest BCUT2D eigenvalue weighted by Crippen LogP contribution is 2.32. The van der Waals surface area contributed by atoms with Crippen molar-refractivity contribution in [2.24, 2.45) is 0 Å². The Morgan fingerprint density at radius 1 is 1.22 bits per heavy atom. The van der Waals surface area contributed by atoms with E-state index in [1.807, 2.05) is 13.0 Å². The van der Waals surface area contributed by atoms with E-state index in [2.05, 4.69) is 24.9 Å². The maximum atomic E-state index is 5.90. The van der Waals surface area contributed by atoms with Gasteiger partial charge in [0, 0.05) is 11.1 Å². The van der Waals surface area contributed by atoms with Crippen molar-refractivity contribution in [1.82, 2.24) is 24.9 Å². The zero-order valence-electron chi connectivity index (χ0n) is 9.38. The molecule has 0 radical (unpaired) electrons. The van der Waals surface area contributed by atoms with Crippen LogP contribution < -0.4 is 0 Å². The summed E-state index contributed by atoms with van der Waals surface area (Å²) in [6.45, 7) is 1.98. The largest absolute Gasteiger partial charge is 0.341 e. The quantitative estimate of drug-likeness (QED) is 0.576. The van der Waals surface area contributed by atoms with Crippen LogP contribution in [-0.2, 0) is 0 Å². The Balaban J connectivity index is 2.06. The summed E-state index contributed by atoms with van der Waals surface area (Å²) in [5.41, 5.74) is 2.54. The number of hydrogen-bond donors (Lipinski definition) is 1. The van der Waals surface area contributed by atoms with Gasteiger partial charge in [-0.05, 0) is 18.6 Å². The van der Waals surface area contributed by atoms with Crippen LogP contribution in [-0.4, -0.2) is 24.9 Å². The Morgan fingerprint density at radius 3 is 3.00 bits per heavy atom. The second-order valence-corrected chi connectivity index (χ2v) is 5.07. The van der Waals surface area contributed by atoms with Crippen LogP contribution in [0.4, 0.5) is 0 Å². The summed E-state index contributed by atoms with van der Waals surface area (Å²) in [4.78, 5) is 20.5. The van der Waals surface area contributed by atoms with Crippen molar-refractivity contribution in [3.63, 3.8) is 0 Å². The molecular weight excluding hydrogens is 270 g/mol. The van der Waals surface area contributed by atoms with E-state index in [0.717, 1.165) is 21.0 Å². The molecule has 0 aromatic carbocycles. The van der Waals surface area contributed by atoms with E-state index in [-0.39, 0.29) is 0 Å². The molecule has 0 spiro atoms. The third-order valence-electron chi connectivity index (χ3n) is 2.42. The predicted molar refractivity (Wildman–Crippen MR) is 69.8 cm³/mol. The lowest BCUT2D eigenvalue weighted by Gasteiger charge is -2.05. The number of hydrogen-bond acceptors (Lipinski definition) is 5. The normalized spacial score (nSPS) is 11.0. The Morgan fingerprint density at radius 2 is 2.11 bits per heavy atom. The number of aryl methyl sites for hydroxylation is 1. The van der Waals surface area contributed by atoms with Crippen LogP contribution in [0, 0.1) is 6.92 Å². The summed E-state index contributed by atoms with van der Waals surface area (Å²) >= 11 is 7.42. The topological polar surface area (TPSA) is 67.3 Å². The Labute approximate surface area is 112 Å². The van der Waals surface area contributed by atoms with Gasteiger partial charge in [0.25, 0.3) is 0 Å². The van der Waals surface area contributed by atoms with E-state index in [1.54, 1.807) is 12.5 Å². The standard InChI is InChI=1S/C11H8ClN5S/c1-6-3-13-8(12)2-7(6)18-11-9-10(15-4-14-9)16-5-17-11/h2-5H,1H3,(H,14,15,16,17). The van der Waals surface area contributed by atoms with Crippen LogP contribution in [0.25, 0.3) is 11.2 Å². The molecule has 0 atom stereocenters. The van der Waals surface area contributed by atoms with Gasteiger partial charge >= 0.3 is 0 Å². The van der Waals surface area contributed by atoms with Crippen LogP contribution in [0.2, 0.25) is 5.15 Å². The number of rotatable bonds is 2. The number of fused-ring (bicyclic) bond motifs is 1. The van der Waals surface area contributed by atoms with Gasteiger partial charge in [0.2, 0.25) is 0 Å². The summed E-state index contributed by atoms with van der Waals surface area (Å²) < 4.78 is 0. The number of pyridine rings is 1. The first kappa shape index (κ1) is 11.4. The molecule has 0 aliphatic rings. The molecular formula is C11H8ClN5S. The molecule has 3 rings (SSSR count). The molecule has 5 nitrogen and oxygen atoms in total. The van der Waals surface area contributed by atoms with Gasteiger partial charge in [0.05, 0.1) is 6.33 Å². The van der Waals surface area contributed by atoms with E-state index in [0.29, 0.717) is 10.8 Å². The molecule has 0 aliphatic carbocycles. The van der Waals surface area contributed by atoms with Gasteiger partial charge in [-0.25, -0.2) is 19.9 Å². The summed E-state index contributed by atoms with van der Waals surface area (Å²) in [6, 6.07) is 1.83. The highest BCUT2D eigenvalue weighted by molar-refractivity contribution is 7.99. The molecule has 0 unspecified atom stereocenters. The van der Waals surface area contributed by atoms with Gasteiger partial charge in [0.15, 0.2) is 5.65 Å². The van der Waals surface area contributed by atoms with Crippen LogP contribution in [0.5, 0.6) is 0 Å². The second kappa shape index (κ2) is 4.55. The SMILES string of the molecule is Cc1cnc(Cl)cc1Sc1ncnc2nc[nH]c12. The molecule has 0 saturated carbocycles. The van der Waals surface area contributed by atoms with Gasteiger partial charge in [0.1, 0.15) is 22.0 Å². The van der Waals surface area contributed by atoms with E-state index < -0.39 is 0 Å². The molecule has 3 aromatic heterocycles. The van der Waals surface area contributed by atoms with Crippen molar-refractivity contribution >= 4 is 34.5 Å². The minimum Gasteiger partial charge on any atom is -0.341 e. The molecule has 18 heavy (non-hydrogen) atoms. The van der Waals surface area contributed by atoms with E-state index >= 15 is 0 Å². The Kier molecular flexibility index (Phi) is 2.89. The van der Waals surface area contributed by atoms with Crippen LogP contribution in [0.1, 0.15) is 5.56 Å². The first-order valence-corrected chi connectivity index (χ1v) is 6.37.